The summed E-state index contributed by atoms with van der Waals surface area (Å²) in [7, 11) is 0. The molecule has 0 spiro atoms. The topological polar surface area (TPSA) is 45.4 Å². The van der Waals surface area contributed by atoms with Crippen molar-refractivity contribution in [2.75, 3.05) is 0 Å². The third-order valence-electron chi connectivity index (χ3n) is 1.21. The number of benzene rings is 1. The molecule has 0 aromatic heterocycles. The van der Waals surface area contributed by atoms with E-state index in [2.05, 4.69) is 9.85 Å². The highest BCUT2D eigenvalue weighted by Crippen LogP contribution is 2.31. The van der Waals surface area contributed by atoms with Crippen LogP contribution in [-0.4, -0.2) is 6.36 Å². The third kappa shape index (κ3) is 3.61. The van der Waals surface area contributed by atoms with Crippen molar-refractivity contribution in [2.24, 2.45) is 5.11 Å². The van der Waals surface area contributed by atoms with Gasteiger partial charge in [-0.25, -0.2) is 5.53 Å². The molecule has 1 aromatic rings. The normalized spacial score (nSPS) is 10.2. The second-order valence-corrected chi connectivity index (χ2v) is 2.13. The van der Waals surface area contributed by atoms with Crippen LogP contribution in [0.25, 0.3) is 0 Å². The van der Waals surface area contributed by atoms with Gasteiger partial charge in [-0.1, -0.05) is 12.1 Å². The molecule has 14 heavy (non-hydrogen) atoms. The lowest BCUT2D eigenvalue weighted by atomic mass is 10.3. The second-order valence-electron chi connectivity index (χ2n) is 2.13. The van der Waals surface area contributed by atoms with Crippen molar-refractivity contribution in [1.82, 2.24) is 0 Å². The Kier molecular flexibility index (Phi) is 4.36. The zero-order valence-electron chi connectivity index (χ0n) is 6.71. The highest BCUT2D eigenvalue weighted by Gasteiger charge is 2.32. The third-order valence-corrected chi connectivity index (χ3v) is 1.21. The van der Waals surface area contributed by atoms with Crippen LogP contribution in [0.1, 0.15) is 0 Å². The Balaban J connectivity index is 0.00000169. The van der Waals surface area contributed by atoms with Gasteiger partial charge in [-0.2, -0.15) is 5.11 Å². The van der Waals surface area contributed by atoms with Gasteiger partial charge in [-0.3, -0.25) is 0 Å². The molecule has 0 aliphatic heterocycles. The fourth-order valence-electron chi connectivity index (χ4n) is 0.761. The summed E-state index contributed by atoms with van der Waals surface area (Å²) in [6.07, 6.45) is -4.75. The zero-order valence-corrected chi connectivity index (χ0v) is 7.52. The quantitative estimate of drug-likeness (QED) is 0.769. The van der Waals surface area contributed by atoms with Crippen LogP contribution in [0.4, 0.5) is 18.9 Å². The summed E-state index contributed by atoms with van der Waals surface area (Å²) in [6.45, 7) is 0. The summed E-state index contributed by atoms with van der Waals surface area (Å²) in [5.74, 6) is -0.468. The molecule has 0 saturated carbocycles. The first-order chi connectivity index (χ1) is 6.03. The number of para-hydroxylation sites is 2. The van der Waals surface area contributed by atoms with Gasteiger partial charge in [0.2, 0.25) is 0 Å². The Bertz CT molecular complexity index is 316. The molecule has 0 fully saturated rings. The molecule has 0 amide bonds. The van der Waals surface area contributed by atoms with Crippen LogP contribution in [0.5, 0.6) is 5.75 Å². The average molecular weight is 227 g/mol. The van der Waals surface area contributed by atoms with Gasteiger partial charge < -0.3 is 4.74 Å². The number of alkyl halides is 3. The van der Waals surface area contributed by atoms with E-state index in [9.17, 15) is 13.2 Å². The largest absolute Gasteiger partial charge is 0.573 e. The summed E-state index contributed by atoms with van der Waals surface area (Å²) in [4.78, 5) is 0. The molecule has 0 aliphatic carbocycles. The summed E-state index contributed by atoms with van der Waals surface area (Å²) < 4.78 is 38.8. The van der Waals surface area contributed by atoms with E-state index >= 15 is 0 Å². The van der Waals surface area contributed by atoms with Gasteiger partial charge in [0.1, 0.15) is 5.69 Å². The first-order valence-electron chi connectivity index (χ1n) is 3.25. The Morgan fingerprint density at radius 2 is 1.79 bits per heavy atom. The molecule has 0 heterocycles. The van der Waals surface area contributed by atoms with Gasteiger partial charge in [-0.05, 0) is 12.1 Å². The first-order valence-corrected chi connectivity index (χ1v) is 3.25. The van der Waals surface area contributed by atoms with Crippen molar-refractivity contribution in [3.05, 3.63) is 24.3 Å². The summed E-state index contributed by atoms with van der Waals surface area (Å²) in [5, 5.41) is 2.88. The lowest BCUT2D eigenvalue weighted by Crippen LogP contribution is -2.17. The first kappa shape index (κ1) is 12.7. The molecule has 0 bridgehead atoms. The predicted octanol–water partition coefficient (Wildman–Crippen LogP) is 3.67. The maximum Gasteiger partial charge on any atom is 0.573 e. The number of ether oxygens (including phenoxy) is 1. The molecule has 0 radical (unpaired) electrons. The van der Waals surface area contributed by atoms with E-state index < -0.39 is 12.1 Å². The van der Waals surface area contributed by atoms with Crippen molar-refractivity contribution < 1.29 is 17.9 Å². The molecule has 0 aliphatic rings. The molecule has 78 valence electrons. The minimum atomic E-state index is -4.75. The maximum atomic E-state index is 11.7. The Labute approximate surface area is 83.8 Å². The highest BCUT2D eigenvalue weighted by atomic mass is 35.5. The van der Waals surface area contributed by atoms with Crippen LogP contribution in [0, 0.1) is 5.53 Å². The molecular formula is C7H6ClF3N2O. The van der Waals surface area contributed by atoms with Crippen LogP contribution < -0.4 is 4.74 Å². The fourth-order valence-corrected chi connectivity index (χ4v) is 0.761. The van der Waals surface area contributed by atoms with E-state index in [-0.39, 0.29) is 18.1 Å². The molecule has 3 nitrogen and oxygen atoms in total. The molecule has 1 N–H and O–H groups in total. The van der Waals surface area contributed by atoms with Crippen LogP contribution in [0.3, 0.4) is 0 Å². The van der Waals surface area contributed by atoms with Crippen molar-refractivity contribution in [3.8, 4) is 5.75 Å². The number of hydrogen-bond acceptors (Lipinski definition) is 3. The van der Waals surface area contributed by atoms with E-state index in [0.29, 0.717) is 0 Å². The minimum absolute atomic E-state index is 0. The van der Waals surface area contributed by atoms with Gasteiger partial charge in [0.05, 0.1) is 0 Å². The monoisotopic (exact) mass is 226 g/mol. The number of hydrogen-bond donors (Lipinski definition) is 1. The molecule has 0 saturated heterocycles. The minimum Gasteiger partial charge on any atom is -0.403 e. The van der Waals surface area contributed by atoms with Crippen LogP contribution >= 0.6 is 12.4 Å². The molecular weight excluding hydrogens is 221 g/mol. The van der Waals surface area contributed by atoms with Crippen LogP contribution in [0.2, 0.25) is 0 Å². The van der Waals surface area contributed by atoms with Gasteiger partial charge >= 0.3 is 6.36 Å². The summed E-state index contributed by atoms with van der Waals surface area (Å²) >= 11 is 0. The molecule has 1 rings (SSSR count). The average Bonchev–Trinajstić information content (AvgIpc) is 2.02. The van der Waals surface area contributed by atoms with Gasteiger partial charge in [0, 0.05) is 0 Å². The molecule has 7 heteroatoms. The Hall–Kier alpha value is -1.30. The van der Waals surface area contributed by atoms with Crippen molar-refractivity contribution >= 4 is 18.1 Å². The summed E-state index contributed by atoms with van der Waals surface area (Å²) in [5.41, 5.74) is 6.42. The Morgan fingerprint density at radius 1 is 1.21 bits per heavy atom. The number of halogens is 4. The fraction of sp³-hybridized carbons (Fsp3) is 0.143. The highest BCUT2D eigenvalue weighted by molar-refractivity contribution is 5.85. The van der Waals surface area contributed by atoms with Gasteiger partial charge in [0.25, 0.3) is 0 Å². The van der Waals surface area contributed by atoms with E-state index in [1.165, 1.54) is 18.2 Å². The molecule has 0 atom stereocenters. The van der Waals surface area contributed by atoms with Crippen molar-refractivity contribution in [2.45, 2.75) is 6.36 Å². The van der Waals surface area contributed by atoms with Crippen LogP contribution in [-0.2, 0) is 0 Å². The molecule has 0 unspecified atom stereocenters. The number of nitrogens with one attached hydrogen (secondary N) is 1. The van der Waals surface area contributed by atoms with E-state index in [4.69, 9.17) is 5.53 Å². The van der Waals surface area contributed by atoms with Crippen LogP contribution in [0.15, 0.2) is 29.4 Å². The van der Waals surface area contributed by atoms with E-state index in [0.717, 1.165) is 6.07 Å². The number of rotatable bonds is 2. The maximum absolute atomic E-state index is 11.7. The standard InChI is InChI=1S/C7H5F3N2O.ClH/c8-7(9,10)13-6-4-2-1-3-5(6)12-11;/h1-4,11H;1H. The lowest BCUT2D eigenvalue weighted by molar-refractivity contribution is -0.274. The van der Waals surface area contributed by atoms with Crippen molar-refractivity contribution in [3.63, 3.8) is 0 Å². The van der Waals surface area contributed by atoms with Gasteiger partial charge in [0.15, 0.2) is 5.75 Å². The van der Waals surface area contributed by atoms with Crippen molar-refractivity contribution in [1.29, 1.82) is 5.53 Å². The summed E-state index contributed by atoms with van der Waals surface area (Å²) in [6, 6.07) is 5.20. The van der Waals surface area contributed by atoms with E-state index in [1.54, 1.807) is 0 Å². The lowest BCUT2D eigenvalue weighted by Gasteiger charge is -2.09. The Morgan fingerprint density at radius 3 is 2.29 bits per heavy atom. The smallest absolute Gasteiger partial charge is 0.403 e. The van der Waals surface area contributed by atoms with Gasteiger partial charge in [-0.15, -0.1) is 25.6 Å². The van der Waals surface area contributed by atoms with E-state index in [1.807, 2.05) is 0 Å². The second kappa shape index (κ2) is 4.80. The predicted molar refractivity (Wildman–Crippen MR) is 45.2 cm³/mol. The molecule has 1 aromatic carbocycles. The SMILES string of the molecule is Cl.N=Nc1ccccc1OC(F)(F)F. The number of nitrogens with zero attached hydrogens (tertiary/aromatic N) is 1. The zero-order chi connectivity index (χ0) is 9.90.